The van der Waals surface area contributed by atoms with Crippen molar-refractivity contribution in [3.8, 4) is 5.75 Å². The fourth-order valence-electron chi connectivity index (χ4n) is 1.64. The molecule has 2 nitrogen and oxygen atoms in total. The van der Waals surface area contributed by atoms with Crippen molar-refractivity contribution in [1.82, 2.24) is 5.32 Å². The molecule has 1 N–H and O–H groups in total. The molecule has 2 heteroatoms. The van der Waals surface area contributed by atoms with Crippen LogP contribution in [0.2, 0.25) is 0 Å². The molecule has 0 bridgehead atoms. The highest BCUT2D eigenvalue weighted by molar-refractivity contribution is 5.30. The zero-order chi connectivity index (χ0) is 10.7. The third-order valence-electron chi connectivity index (χ3n) is 2.88. The van der Waals surface area contributed by atoms with Crippen molar-refractivity contribution in [3.05, 3.63) is 29.8 Å². The number of rotatable bonds is 4. The fourth-order valence-corrected chi connectivity index (χ4v) is 1.64. The van der Waals surface area contributed by atoms with E-state index in [4.69, 9.17) is 4.74 Å². The second-order valence-electron chi connectivity index (χ2n) is 4.56. The van der Waals surface area contributed by atoms with Gasteiger partial charge in [-0.3, -0.25) is 0 Å². The molecular formula is C13H19NO. The molecule has 0 spiro atoms. The first-order valence-electron chi connectivity index (χ1n) is 5.69. The number of hydrogen-bond acceptors (Lipinski definition) is 2. The SMILES string of the molecule is CC(C)c1cccc(OCC2CNC2)c1. The molecule has 0 radical (unpaired) electrons. The van der Waals surface area contributed by atoms with Crippen molar-refractivity contribution in [1.29, 1.82) is 0 Å². The third-order valence-corrected chi connectivity index (χ3v) is 2.88. The maximum absolute atomic E-state index is 5.76. The van der Waals surface area contributed by atoms with E-state index < -0.39 is 0 Å². The second-order valence-corrected chi connectivity index (χ2v) is 4.56. The quantitative estimate of drug-likeness (QED) is 0.815. The summed E-state index contributed by atoms with van der Waals surface area (Å²) in [6.45, 7) is 7.45. The van der Waals surface area contributed by atoms with Crippen LogP contribution in [0.1, 0.15) is 25.3 Å². The first-order valence-corrected chi connectivity index (χ1v) is 5.69. The van der Waals surface area contributed by atoms with Crippen LogP contribution in [0.4, 0.5) is 0 Å². The van der Waals surface area contributed by atoms with Gasteiger partial charge in [-0.15, -0.1) is 0 Å². The summed E-state index contributed by atoms with van der Waals surface area (Å²) in [5.41, 5.74) is 1.35. The minimum Gasteiger partial charge on any atom is -0.493 e. The Morgan fingerprint density at radius 2 is 2.20 bits per heavy atom. The molecule has 0 saturated carbocycles. The molecule has 82 valence electrons. The minimum atomic E-state index is 0.568. The van der Waals surface area contributed by atoms with E-state index in [0.717, 1.165) is 25.4 Å². The van der Waals surface area contributed by atoms with E-state index in [9.17, 15) is 0 Å². The van der Waals surface area contributed by atoms with E-state index in [1.165, 1.54) is 5.56 Å². The lowest BCUT2D eigenvalue weighted by Crippen LogP contribution is -2.45. The van der Waals surface area contributed by atoms with E-state index in [-0.39, 0.29) is 0 Å². The minimum absolute atomic E-state index is 0.568. The molecule has 1 aliphatic heterocycles. The first-order chi connectivity index (χ1) is 7.25. The number of nitrogens with one attached hydrogen (secondary N) is 1. The lowest BCUT2D eigenvalue weighted by Gasteiger charge is -2.26. The van der Waals surface area contributed by atoms with Crippen LogP contribution in [0.5, 0.6) is 5.75 Å². The van der Waals surface area contributed by atoms with Gasteiger partial charge < -0.3 is 10.1 Å². The van der Waals surface area contributed by atoms with Gasteiger partial charge in [0.25, 0.3) is 0 Å². The maximum Gasteiger partial charge on any atom is 0.119 e. The molecule has 2 rings (SSSR count). The van der Waals surface area contributed by atoms with Crippen molar-refractivity contribution < 1.29 is 4.74 Å². The van der Waals surface area contributed by atoms with E-state index >= 15 is 0 Å². The third kappa shape index (κ3) is 2.72. The van der Waals surface area contributed by atoms with Crippen molar-refractivity contribution in [3.63, 3.8) is 0 Å². The predicted octanol–water partition coefficient (Wildman–Crippen LogP) is 2.41. The van der Waals surface area contributed by atoms with Crippen molar-refractivity contribution in [2.45, 2.75) is 19.8 Å². The van der Waals surface area contributed by atoms with Gasteiger partial charge in [-0.25, -0.2) is 0 Å². The van der Waals surface area contributed by atoms with Crippen LogP contribution >= 0.6 is 0 Å². The largest absolute Gasteiger partial charge is 0.493 e. The lowest BCUT2D eigenvalue weighted by atomic mass is 10.0. The average Bonchev–Trinajstić information content (AvgIpc) is 2.16. The van der Waals surface area contributed by atoms with Crippen LogP contribution in [-0.2, 0) is 0 Å². The molecule has 1 fully saturated rings. The highest BCUT2D eigenvalue weighted by Gasteiger charge is 2.17. The summed E-state index contributed by atoms with van der Waals surface area (Å²) in [6, 6.07) is 8.42. The van der Waals surface area contributed by atoms with E-state index in [2.05, 4.69) is 37.4 Å². The van der Waals surface area contributed by atoms with Gasteiger partial charge in [0.15, 0.2) is 0 Å². The Morgan fingerprint density at radius 3 is 2.80 bits per heavy atom. The lowest BCUT2D eigenvalue weighted by molar-refractivity contribution is 0.199. The molecule has 0 aromatic heterocycles. The molecule has 0 atom stereocenters. The molecule has 1 aromatic rings. The Bertz CT molecular complexity index is 318. The van der Waals surface area contributed by atoms with Gasteiger partial charge in [0.05, 0.1) is 6.61 Å². The molecule has 15 heavy (non-hydrogen) atoms. The summed E-state index contributed by atoms with van der Waals surface area (Å²) in [5, 5.41) is 3.25. The van der Waals surface area contributed by atoms with Gasteiger partial charge in [-0.2, -0.15) is 0 Å². The van der Waals surface area contributed by atoms with E-state index in [1.54, 1.807) is 0 Å². The maximum atomic E-state index is 5.76. The van der Waals surface area contributed by atoms with Crippen LogP contribution in [-0.4, -0.2) is 19.7 Å². The summed E-state index contributed by atoms with van der Waals surface area (Å²) < 4.78 is 5.76. The summed E-state index contributed by atoms with van der Waals surface area (Å²) in [5.74, 6) is 2.28. The van der Waals surface area contributed by atoms with Gasteiger partial charge in [0.2, 0.25) is 0 Å². The van der Waals surface area contributed by atoms with Gasteiger partial charge >= 0.3 is 0 Å². The van der Waals surface area contributed by atoms with Gasteiger partial charge in [0, 0.05) is 19.0 Å². The Balaban J connectivity index is 1.92. The van der Waals surface area contributed by atoms with Crippen LogP contribution in [0.3, 0.4) is 0 Å². The van der Waals surface area contributed by atoms with E-state index in [1.807, 2.05) is 6.07 Å². The summed E-state index contributed by atoms with van der Waals surface area (Å²) in [7, 11) is 0. The molecule has 0 unspecified atom stereocenters. The Labute approximate surface area is 91.6 Å². The van der Waals surface area contributed by atoms with Crippen LogP contribution < -0.4 is 10.1 Å². The van der Waals surface area contributed by atoms with Crippen LogP contribution in [0.25, 0.3) is 0 Å². The van der Waals surface area contributed by atoms with Gasteiger partial charge in [0.1, 0.15) is 5.75 Å². The van der Waals surface area contributed by atoms with Gasteiger partial charge in [-0.05, 0) is 23.6 Å². The Kier molecular flexibility index (Phi) is 3.27. The Morgan fingerprint density at radius 1 is 1.40 bits per heavy atom. The molecular weight excluding hydrogens is 186 g/mol. The first kappa shape index (κ1) is 10.5. The van der Waals surface area contributed by atoms with Crippen LogP contribution in [0.15, 0.2) is 24.3 Å². The summed E-state index contributed by atoms with van der Waals surface area (Å²) in [4.78, 5) is 0. The summed E-state index contributed by atoms with van der Waals surface area (Å²) >= 11 is 0. The van der Waals surface area contributed by atoms with Crippen LogP contribution in [0, 0.1) is 5.92 Å². The summed E-state index contributed by atoms with van der Waals surface area (Å²) in [6.07, 6.45) is 0. The molecule has 0 aliphatic carbocycles. The monoisotopic (exact) mass is 205 g/mol. The molecule has 1 aromatic carbocycles. The smallest absolute Gasteiger partial charge is 0.119 e. The average molecular weight is 205 g/mol. The highest BCUT2D eigenvalue weighted by Crippen LogP contribution is 2.20. The second kappa shape index (κ2) is 4.67. The van der Waals surface area contributed by atoms with Crippen molar-refractivity contribution in [2.75, 3.05) is 19.7 Å². The van der Waals surface area contributed by atoms with Crippen molar-refractivity contribution >= 4 is 0 Å². The zero-order valence-electron chi connectivity index (χ0n) is 9.49. The number of ether oxygens (including phenoxy) is 1. The standard InChI is InChI=1S/C13H19NO/c1-10(2)12-4-3-5-13(6-12)15-9-11-7-14-8-11/h3-6,10-11,14H,7-9H2,1-2H3. The molecule has 1 saturated heterocycles. The van der Waals surface area contributed by atoms with Gasteiger partial charge in [-0.1, -0.05) is 26.0 Å². The fraction of sp³-hybridized carbons (Fsp3) is 0.538. The molecule has 0 amide bonds. The Hall–Kier alpha value is -1.02. The predicted molar refractivity (Wildman–Crippen MR) is 62.4 cm³/mol. The number of benzene rings is 1. The zero-order valence-corrected chi connectivity index (χ0v) is 9.49. The molecule has 1 heterocycles. The normalized spacial score (nSPS) is 16.5. The van der Waals surface area contributed by atoms with Crippen molar-refractivity contribution in [2.24, 2.45) is 5.92 Å². The number of hydrogen-bond donors (Lipinski definition) is 1. The highest BCUT2D eigenvalue weighted by atomic mass is 16.5. The van der Waals surface area contributed by atoms with E-state index in [0.29, 0.717) is 11.8 Å². The topological polar surface area (TPSA) is 21.3 Å². The molecule has 1 aliphatic rings.